The van der Waals surface area contributed by atoms with Crippen LogP contribution in [0.5, 0.6) is 0 Å². The van der Waals surface area contributed by atoms with Crippen LogP contribution in [-0.4, -0.2) is 9.78 Å². The highest BCUT2D eigenvalue weighted by Gasteiger charge is 2.30. The normalized spacial score (nSPS) is 21.0. The first kappa shape index (κ1) is 9.71. The topological polar surface area (TPSA) is 43.8 Å². The Morgan fingerprint density at radius 3 is 2.71 bits per heavy atom. The third kappa shape index (κ3) is 1.69. The average molecular weight is 193 g/mol. The summed E-state index contributed by atoms with van der Waals surface area (Å²) in [5, 5.41) is 4.29. The lowest BCUT2D eigenvalue weighted by Gasteiger charge is -2.32. The summed E-state index contributed by atoms with van der Waals surface area (Å²) in [5.74, 6) is 0. The molecule has 14 heavy (non-hydrogen) atoms. The third-order valence-corrected chi connectivity index (χ3v) is 3.28. The SMILES string of the molecule is CCn1cc(C2(N)CCCCC2)cn1. The Morgan fingerprint density at radius 1 is 1.43 bits per heavy atom. The average Bonchev–Trinajstić information content (AvgIpc) is 2.67. The largest absolute Gasteiger partial charge is 0.321 e. The second kappa shape index (κ2) is 3.73. The van der Waals surface area contributed by atoms with Crippen LogP contribution in [0.25, 0.3) is 0 Å². The van der Waals surface area contributed by atoms with Gasteiger partial charge in [0.25, 0.3) is 0 Å². The molecule has 1 aromatic rings. The molecule has 1 heterocycles. The number of hydrogen-bond donors (Lipinski definition) is 1. The van der Waals surface area contributed by atoms with Gasteiger partial charge in [-0.05, 0) is 19.8 Å². The van der Waals surface area contributed by atoms with E-state index in [0.717, 1.165) is 19.4 Å². The number of aromatic nitrogens is 2. The first-order valence-electron chi connectivity index (χ1n) is 5.56. The standard InChI is InChI=1S/C11H19N3/c1-2-14-9-10(8-13-14)11(12)6-4-3-5-7-11/h8-9H,2-7,12H2,1H3. The highest BCUT2D eigenvalue weighted by molar-refractivity contribution is 5.18. The Labute approximate surface area is 85.3 Å². The van der Waals surface area contributed by atoms with Gasteiger partial charge in [-0.15, -0.1) is 0 Å². The van der Waals surface area contributed by atoms with Crippen LogP contribution in [0, 0.1) is 0 Å². The maximum absolute atomic E-state index is 6.40. The monoisotopic (exact) mass is 193 g/mol. The van der Waals surface area contributed by atoms with Crippen molar-refractivity contribution in [2.75, 3.05) is 0 Å². The Kier molecular flexibility index (Phi) is 2.59. The van der Waals surface area contributed by atoms with E-state index in [1.54, 1.807) is 0 Å². The lowest BCUT2D eigenvalue weighted by molar-refractivity contribution is 0.302. The molecule has 0 amide bonds. The van der Waals surface area contributed by atoms with Crippen molar-refractivity contribution in [1.29, 1.82) is 0 Å². The molecule has 3 heteroatoms. The number of rotatable bonds is 2. The van der Waals surface area contributed by atoms with Crippen molar-refractivity contribution in [3.05, 3.63) is 18.0 Å². The van der Waals surface area contributed by atoms with Crippen LogP contribution in [0.2, 0.25) is 0 Å². The van der Waals surface area contributed by atoms with E-state index >= 15 is 0 Å². The fraction of sp³-hybridized carbons (Fsp3) is 0.727. The van der Waals surface area contributed by atoms with Gasteiger partial charge in [0.2, 0.25) is 0 Å². The zero-order valence-corrected chi connectivity index (χ0v) is 8.87. The summed E-state index contributed by atoms with van der Waals surface area (Å²) in [6.45, 7) is 3.02. The van der Waals surface area contributed by atoms with Gasteiger partial charge in [0.05, 0.1) is 6.20 Å². The smallest absolute Gasteiger partial charge is 0.0540 e. The molecular weight excluding hydrogens is 174 g/mol. The van der Waals surface area contributed by atoms with Crippen molar-refractivity contribution < 1.29 is 0 Å². The van der Waals surface area contributed by atoms with E-state index in [0.29, 0.717) is 0 Å². The molecule has 0 saturated heterocycles. The second-order valence-corrected chi connectivity index (χ2v) is 4.30. The molecule has 0 aliphatic heterocycles. The van der Waals surface area contributed by atoms with Gasteiger partial charge in [-0.25, -0.2) is 0 Å². The maximum Gasteiger partial charge on any atom is 0.0540 e. The molecule has 1 fully saturated rings. The number of nitrogens with two attached hydrogens (primary N) is 1. The summed E-state index contributed by atoms with van der Waals surface area (Å²) in [7, 11) is 0. The van der Waals surface area contributed by atoms with E-state index in [4.69, 9.17) is 5.73 Å². The van der Waals surface area contributed by atoms with Crippen LogP contribution in [0.3, 0.4) is 0 Å². The quantitative estimate of drug-likeness (QED) is 0.781. The summed E-state index contributed by atoms with van der Waals surface area (Å²) in [5.41, 5.74) is 7.52. The van der Waals surface area contributed by atoms with Crippen molar-refractivity contribution >= 4 is 0 Å². The molecule has 2 N–H and O–H groups in total. The molecule has 1 aromatic heterocycles. The van der Waals surface area contributed by atoms with Crippen LogP contribution in [-0.2, 0) is 12.1 Å². The molecular formula is C11H19N3. The first-order valence-corrected chi connectivity index (χ1v) is 5.56. The highest BCUT2D eigenvalue weighted by atomic mass is 15.3. The number of nitrogens with zero attached hydrogens (tertiary/aromatic N) is 2. The van der Waals surface area contributed by atoms with Gasteiger partial charge in [-0.3, -0.25) is 4.68 Å². The predicted octanol–water partition coefficient (Wildman–Crippen LogP) is 2.02. The minimum Gasteiger partial charge on any atom is -0.321 e. The second-order valence-electron chi connectivity index (χ2n) is 4.30. The molecule has 0 bridgehead atoms. The summed E-state index contributed by atoms with van der Waals surface area (Å²) < 4.78 is 1.96. The van der Waals surface area contributed by atoms with E-state index in [2.05, 4.69) is 18.2 Å². The fourth-order valence-corrected chi connectivity index (χ4v) is 2.26. The van der Waals surface area contributed by atoms with Crippen LogP contribution >= 0.6 is 0 Å². The Hall–Kier alpha value is -0.830. The third-order valence-electron chi connectivity index (χ3n) is 3.28. The van der Waals surface area contributed by atoms with Crippen molar-refractivity contribution in [3.8, 4) is 0 Å². The van der Waals surface area contributed by atoms with E-state index < -0.39 is 0 Å². The molecule has 1 saturated carbocycles. The molecule has 0 unspecified atom stereocenters. The van der Waals surface area contributed by atoms with Crippen LogP contribution < -0.4 is 5.73 Å². The van der Waals surface area contributed by atoms with Crippen LogP contribution in [0.4, 0.5) is 0 Å². The Bertz CT molecular complexity index is 297. The minimum atomic E-state index is -0.0916. The number of aryl methyl sites for hydroxylation is 1. The van der Waals surface area contributed by atoms with Crippen molar-refractivity contribution in [2.45, 2.75) is 51.1 Å². The van der Waals surface area contributed by atoms with Gasteiger partial charge in [-0.1, -0.05) is 19.3 Å². The van der Waals surface area contributed by atoms with Gasteiger partial charge in [0, 0.05) is 23.8 Å². The summed E-state index contributed by atoms with van der Waals surface area (Å²) in [4.78, 5) is 0. The maximum atomic E-state index is 6.40. The Balaban J connectivity index is 2.19. The van der Waals surface area contributed by atoms with Crippen LogP contribution in [0.15, 0.2) is 12.4 Å². The molecule has 1 aliphatic rings. The first-order chi connectivity index (χ1) is 6.74. The van der Waals surface area contributed by atoms with Crippen molar-refractivity contribution in [2.24, 2.45) is 5.73 Å². The van der Waals surface area contributed by atoms with Gasteiger partial charge in [-0.2, -0.15) is 5.10 Å². The fourth-order valence-electron chi connectivity index (χ4n) is 2.26. The van der Waals surface area contributed by atoms with E-state index in [9.17, 15) is 0 Å². The Morgan fingerprint density at radius 2 is 2.14 bits per heavy atom. The van der Waals surface area contributed by atoms with E-state index in [1.807, 2.05) is 10.9 Å². The molecule has 2 rings (SSSR count). The molecule has 1 aliphatic carbocycles. The molecule has 3 nitrogen and oxygen atoms in total. The molecule has 0 spiro atoms. The minimum absolute atomic E-state index is 0.0916. The van der Waals surface area contributed by atoms with E-state index in [1.165, 1.54) is 24.8 Å². The predicted molar refractivity (Wildman–Crippen MR) is 56.9 cm³/mol. The van der Waals surface area contributed by atoms with Gasteiger partial charge < -0.3 is 5.73 Å². The zero-order chi connectivity index (χ0) is 10.0. The lowest BCUT2D eigenvalue weighted by atomic mass is 9.79. The highest BCUT2D eigenvalue weighted by Crippen LogP contribution is 2.34. The van der Waals surface area contributed by atoms with Gasteiger partial charge in [0.15, 0.2) is 0 Å². The molecule has 0 aromatic carbocycles. The lowest BCUT2D eigenvalue weighted by Crippen LogP contribution is -2.38. The summed E-state index contributed by atoms with van der Waals surface area (Å²) in [6.07, 6.45) is 10.1. The van der Waals surface area contributed by atoms with Crippen molar-refractivity contribution in [1.82, 2.24) is 9.78 Å². The van der Waals surface area contributed by atoms with Crippen molar-refractivity contribution in [3.63, 3.8) is 0 Å². The number of hydrogen-bond acceptors (Lipinski definition) is 2. The van der Waals surface area contributed by atoms with Gasteiger partial charge >= 0.3 is 0 Å². The summed E-state index contributed by atoms with van der Waals surface area (Å²) >= 11 is 0. The van der Waals surface area contributed by atoms with Gasteiger partial charge in [0.1, 0.15) is 0 Å². The van der Waals surface area contributed by atoms with Crippen LogP contribution in [0.1, 0.15) is 44.6 Å². The summed E-state index contributed by atoms with van der Waals surface area (Å²) in [6, 6.07) is 0. The van der Waals surface area contributed by atoms with E-state index in [-0.39, 0.29) is 5.54 Å². The zero-order valence-electron chi connectivity index (χ0n) is 8.87. The molecule has 78 valence electrons. The molecule has 0 atom stereocenters. The molecule has 0 radical (unpaired) electrons.